The Bertz CT molecular complexity index is 810. The van der Waals surface area contributed by atoms with Gasteiger partial charge in [0.1, 0.15) is 5.82 Å². The van der Waals surface area contributed by atoms with Crippen LogP contribution in [-0.2, 0) is 0 Å². The molecule has 0 fully saturated rings. The third kappa shape index (κ3) is 3.16. The average molecular weight is 308 g/mol. The molecule has 0 saturated carbocycles. The van der Waals surface area contributed by atoms with Gasteiger partial charge in [0.15, 0.2) is 0 Å². The minimum absolute atomic E-state index is 0.0480. The highest BCUT2D eigenvalue weighted by Crippen LogP contribution is 2.31. The van der Waals surface area contributed by atoms with Crippen molar-refractivity contribution in [3.63, 3.8) is 0 Å². The topological polar surface area (TPSA) is 33.1 Å². The van der Waals surface area contributed by atoms with Gasteiger partial charge in [-0.3, -0.25) is 0 Å². The van der Waals surface area contributed by atoms with E-state index in [4.69, 9.17) is 5.10 Å². The molecule has 3 aromatic rings. The lowest BCUT2D eigenvalue weighted by Gasteiger charge is -2.23. The monoisotopic (exact) mass is 308 g/mol. The predicted molar refractivity (Wildman–Crippen MR) is 98.8 cm³/mol. The second-order valence-corrected chi connectivity index (χ2v) is 7.07. The highest BCUT2D eigenvalue weighted by Gasteiger charge is 2.18. The molecule has 2 aromatic carbocycles. The van der Waals surface area contributed by atoms with Crippen molar-refractivity contribution in [2.75, 3.05) is 24.3 Å². The van der Waals surface area contributed by atoms with Gasteiger partial charge in [-0.2, -0.15) is 5.10 Å². The van der Waals surface area contributed by atoms with Gasteiger partial charge in [-0.05, 0) is 51.1 Å². The minimum Gasteiger partial charge on any atom is -0.378 e. The number of hydrogen-bond donors (Lipinski definition) is 1. The number of benzene rings is 2. The molecule has 0 saturated heterocycles. The van der Waals surface area contributed by atoms with Crippen molar-refractivity contribution in [2.24, 2.45) is 0 Å². The SMILES string of the molecule is CN(C)c1ccc2nn(-c3ccccc3)c(NC(C)(C)C)c2c1. The maximum absolute atomic E-state index is 4.80. The van der Waals surface area contributed by atoms with E-state index in [0.29, 0.717) is 0 Å². The molecule has 0 aliphatic rings. The molecule has 4 nitrogen and oxygen atoms in total. The number of rotatable bonds is 3. The Hall–Kier alpha value is -2.49. The first kappa shape index (κ1) is 15.4. The van der Waals surface area contributed by atoms with Gasteiger partial charge in [0.25, 0.3) is 0 Å². The highest BCUT2D eigenvalue weighted by molar-refractivity contribution is 5.93. The van der Waals surface area contributed by atoms with E-state index in [2.05, 4.69) is 75.4 Å². The lowest BCUT2D eigenvalue weighted by atomic mass is 10.1. The first-order valence-electron chi connectivity index (χ1n) is 7.89. The van der Waals surface area contributed by atoms with Crippen LogP contribution < -0.4 is 10.2 Å². The van der Waals surface area contributed by atoms with Crippen LogP contribution in [0.15, 0.2) is 48.5 Å². The smallest absolute Gasteiger partial charge is 0.138 e. The Labute approximate surface area is 137 Å². The first-order valence-corrected chi connectivity index (χ1v) is 7.89. The van der Waals surface area contributed by atoms with Crippen LogP contribution in [0.4, 0.5) is 11.5 Å². The van der Waals surface area contributed by atoms with Gasteiger partial charge in [-0.25, -0.2) is 4.68 Å². The summed E-state index contributed by atoms with van der Waals surface area (Å²) in [6, 6.07) is 16.6. The summed E-state index contributed by atoms with van der Waals surface area (Å²) >= 11 is 0. The number of anilines is 2. The van der Waals surface area contributed by atoms with Crippen LogP contribution in [0.2, 0.25) is 0 Å². The van der Waals surface area contributed by atoms with Gasteiger partial charge < -0.3 is 10.2 Å². The van der Waals surface area contributed by atoms with Gasteiger partial charge in [0, 0.05) is 30.7 Å². The maximum Gasteiger partial charge on any atom is 0.138 e. The van der Waals surface area contributed by atoms with Crippen LogP contribution in [0.3, 0.4) is 0 Å². The zero-order chi connectivity index (χ0) is 16.6. The fourth-order valence-electron chi connectivity index (χ4n) is 2.58. The summed E-state index contributed by atoms with van der Waals surface area (Å²) in [5, 5.41) is 9.56. The number of nitrogens with zero attached hydrogens (tertiary/aromatic N) is 3. The normalized spacial score (nSPS) is 11.7. The molecule has 1 N–H and O–H groups in total. The Kier molecular flexibility index (Phi) is 3.76. The number of aromatic nitrogens is 2. The molecule has 1 aromatic heterocycles. The van der Waals surface area contributed by atoms with E-state index in [9.17, 15) is 0 Å². The molecule has 0 radical (unpaired) electrons. The summed E-state index contributed by atoms with van der Waals surface area (Å²) in [5.74, 6) is 1.03. The second kappa shape index (κ2) is 5.61. The van der Waals surface area contributed by atoms with Crippen molar-refractivity contribution in [3.05, 3.63) is 48.5 Å². The Morgan fingerprint density at radius 1 is 1.00 bits per heavy atom. The van der Waals surface area contributed by atoms with Crippen LogP contribution in [0, 0.1) is 0 Å². The Balaban J connectivity index is 2.24. The van der Waals surface area contributed by atoms with Gasteiger partial charge >= 0.3 is 0 Å². The van der Waals surface area contributed by atoms with Crippen LogP contribution >= 0.6 is 0 Å². The van der Waals surface area contributed by atoms with Gasteiger partial charge in [0.2, 0.25) is 0 Å². The second-order valence-electron chi connectivity index (χ2n) is 7.07. The maximum atomic E-state index is 4.80. The highest BCUT2D eigenvalue weighted by atomic mass is 15.3. The van der Waals surface area contributed by atoms with Crippen molar-refractivity contribution in [2.45, 2.75) is 26.3 Å². The third-order valence-corrected chi connectivity index (χ3v) is 3.67. The molecule has 0 aliphatic carbocycles. The number of nitrogens with one attached hydrogen (secondary N) is 1. The fourth-order valence-corrected chi connectivity index (χ4v) is 2.58. The molecule has 0 atom stereocenters. The Morgan fingerprint density at radius 2 is 1.70 bits per heavy atom. The molecule has 4 heteroatoms. The van der Waals surface area contributed by atoms with E-state index in [1.807, 2.05) is 22.9 Å². The fraction of sp³-hybridized carbons (Fsp3) is 0.316. The number of para-hydroxylation sites is 1. The van der Waals surface area contributed by atoms with Gasteiger partial charge in [-0.1, -0.05) is 18.2 Å². The quantitative estimate of drug-likeness (QED) is 0.783. The standard InChI is InChI=1S/C19H24N4/c1-19(2,3)20-18-16-13-15(22(4)5)11-12-17(16)21-23(18)14-9-7-6-8-10-14/h6-13,20H,1-5H3. The summed E-state index contributed by atoms with van der Waals surface area (Å²) in [6.45, 7) is 6.49. The summed E-state index contributed by atoms with van der Waals surface area (Å²) in [6.07, 6.45) is 0. The molecule has 0 unspecified atom stereocenters. The molecule has 0 amide bonds. The van der Waals surface area contributed by atoms with E-state index in [1.54, 1.807) is 0 Å². The van der Waals surface area contributed by atoms with E-state index in [1.165, 1.54) is 5.69 Å². The number of hydrogen-bond acceptors (Lipinski definition) is 3. The number of fused-ring (bicyclic) bond motifs is 1. The summed E-state index contributed by atoms with van der Waals surface area (Å²) in [4.78, 5) is 2.11. The summed E-state index contributed by atoms with van der Waals surface area (Å²) < 4.78 is 2.00. The van der Waals surface area contributed by atoms with Crippen molar-refractivity contribution >= 4 is 22.4 Å². The zero-order valence-electron chi connectivity index (χ0n) is 14.5. The van der Waals surface area contributed by atoms with Crippen LogP contribution in [0.1, 0.15) is 20.8 Å². The van der Waals surface area contributed by atoms with Crippen LogP contribution in [0.5, 0.6) is 0 Å². The van der Waals surface area contributed by atoms with Crippen molar-refractivity contribution in [1.82, 2.24) is 9.78 Å². The van der Waals surface area contributed by atoms with E-state index in [0.717, 1.165) is 22.4 Å². The van der Waals surface area contributed by atoms with Crippen molar-refractivity contribution in [3.8, 4) is 5.69 Å². The molecule has 23 heavy (non-hydrogen) atoms. The molecule has 120 valence electrons. The van der Waals surface area contributed by atoms with E-state index >= 15 is 0 Å². The average Bonchev–Trinajstić information content (AvgIpc) is 2.84. The molecule has 0 aliphatic heterocycles. The predicted octanol–water partition coefficient (Wildman–Crippen LogP) is 4.30. The summed E-state index contributed by atoms with van der Waals surface area (Å²) in [7, 11) is 4.11. The third-order valence-electron chi connectivity index (χ3n) is 3.67. The largest absolute Gasteiger partial charge is 0.378 e. The van der Waals surface area contributed by atoms with E-state index in [-0.39, 0.29) is 5.54 Å². The molecular formula is C19H24N4. The first-order chi connectivity index (χ1) is 10.8. The van der Waals surface area contributed by atoms with Crippen LogP contribution in [0.25, 0.3) is 16.6 Å². The summed E-state index contributed by atoms with van der Waals surface area (Å²) in [5.41, 5.74) is 3.17. The van der Waals surface area contributed by atoms with Gasteiger partial charge in [0.05, 0.1) is 11.2 Å². The molecule has 3 rings (SSSR count). The molecule has 1 heterocycles. The molecule has 0 bridgehead atoms. The van der Waals surface area contributed by atoms with E-state index < -0.39 is 0 Å². The Morgan fingerprint density at radius 3 is 2.30 bits per heavy atom. The molecular weight excluding hydrogens is 284 g/mol. The zero-order valence-corrected chi connectivity index (χ0v) is 14.5. The lowest BCUT2D eigenvalue weighted by Crippen LogP contribution is -2.27. The lowest BCUT2D eigenvalue weighted by molar-refractivity contribution is 0.625. The minimum atomic E-state index is -0.0480. The van der Waals surface area contributed by atoms with Crippen LogP contribution in [-0.4, -0.2) is 29.4 Å². The van der Waals surface area contributed by atoms with Crippen molar-refractivity contribution < 1.29 is 0 Å². The van der Waals surface area contributed by atoms with Crippen molar-refractivity contribution in [1.29, 1.82) is 0 Å². The molecule has 0 spiro atoms. The van der Waals surface area contributed by atoms with Gasteiger partial charge in [-0.15, -0.1) is 0 Å².